The molecule has 0 radical (unpaired) electrons. The number of rotatable bonds is 3. The van der Waals surface area contributed by atoms with E-state index in [1.165, 1.54) is 0 Å². The van der Waals surface area contributed by atoms with Gasteiger partial charge in [-0.05, 0) is 12.5 Å². The number of amides is 1. The zero-order chi connectivity index (χ0) is 10.6. The molecule has 0 aromatic carbocycles. The van der Waals surface area contributed by atoms with E-state index in [9.17, 15) is 9.59 Å². The first kappa shape index (κ1) is 10.5. The monoisotopic (exact) mass is 195 g/mol. The van der Waals surface area contributed by atoms with Gasteiger partial charge in [0.15, 0.2) is 0 Å². The van der Waals surface area contributed by atoms with Gasteiger partial charge in [0.25, 0.3) is 0 Å². The van der Waals surface area contributed by atoms with Gasteiger partial charge in [-0.15, -0.1) is 6.58 Å². The van der Waals surface area contributed by atoms with E-state index >= 15 is 0 Å². The van der Waals surface area contributed by atoms with E-state index in [-0.39, 0.29) is 18.3 Å². The molecule has 0 saturated carbocycles. The van der Waals surface area contributed by atoms with Crippen molar-refractivity contribution in [3.8, 4) is 0 Å². The predicted octanol–water partition coefficient (Wildman–Crippen LogP) is 0.885. The van der Waals surface area contributed by atoms with E-state index < -0.39 is 5.91 Å². The first-order valence-electron chi connectivity index (χ1n) is 4.45. The lowest BCUT2D eigenvalue weighted by Crippen LogP contribution is -2.19. The van der Waals surface area contributed by atoms with Crippen molar-refractivity contribution in [3.63, 3.8) is 0 Å². The summed E-state index contributed by atoms with van der Waals surface area (Å²) >= 11 is 0. The van der Waals surface area contributed by atoms with E-state index in [2.05, 4.69) is 6.58 Å². The van der Waals surface area contributed by atoms with Gasteiger partial charge in [-0.3, -0.25) is 9.59 Å². The molecule has 1 amide bonds. The Morgan fingerprint density at radius 2 is 2.43 bits per heavy atom. The van der Waals surface area contributed by atoms with Crippen LogP contribution < -0.4 is 5.73 Å². The highest BCUT2D eigenvalue weighted by molar-refractivity contribution is 5.76. The highest BCUT2D eigenvalue weighted by Gasteiger charge is 2.22. The van der Waals surface area contributed by atoms with Crippen LogP contribution in [0.4, 0.5) is 0 Å². The van der Waals surface area contributed by atoms with Crippen LogP contribution >= 0.6 is 0 Å². The first-order chi connectivity index (χ1) is 6.63. The van der Waals surface area contributed by atoms with Crippen molar-refractivity contribution in [2.24, 2.45) is 11.7 Å². The molecule has 2 N–H and O–H groups in total. The van der Waals surface area contributed by atoms with Gasteiger partial charge in [0.2, 0.25) is 5.91 Å². The molecule has 1 rings (SSSR count). The number of ether oxygens (including phenoxy) is 1. The van der Waals surface area contributed by atoms with Gasteiger partial charge in [-0.1, -0.05) is 6.08 Å². The number of carbonyl (C=O) groups excluding carboxylic acids is 2. The Balaban J connectivity index is 2.69. The zero-order valence-electron chi connectivity index (χ0n) is 7.86. The van der Waals surface area contributed by atoms with Crippen molar-refractivity contribution in [3.05, 3.63) is 24.5 Å². The number of esters is 1. The van der Waals surface area contributed by atoms with Crippen molar-refractivity contribution >= 4 is 11.9 Å². The number of allylic oxidation sites excluding steroid dienone is 1. The molecule has 4 heteroatoms. The second-order valence-electron chi connectivity index (χ2n) is 3.13. The van der Waals surface area contributed by atoms with Gasteiger partial charge in [0.05, 0.1) is 0 Å². The van der Waals surface area contributed by atoms with E-state index in [4.69, 9.17) is 10.5 Å². The van der Waals surface area contributed by atoms with Crippen LogP contribution in [0.25, 0.3) is 0 Å². The molecule has 1 aliphatic heterocycles. The Bertz CT molecular complexity index is 294. The summed E-state index contributed by atoms with van der Waals surface area (Å²) in [6.45, 7) is 3.64. The van der Waals surface area contributed by atoms with Crippen LogP contribution in [0.1, 0.15) is 19.3 Å². The molecule has 14 heavy (non-hydrogen) atoms. The van der Waals surface area contributed by atoms with Gasteiger partial charge in [0, 0.05) is 18.8 Å². The Kier molecular flexibility index (Phi) is 3.45. The molecule has 1 saturated heterocycles. The molecule has 1 fully saturated rings. The molecule has 1 aliphatic rings. The van der Waals surface area contributed by atoms with Crippen molar-refractivity contribution in [1.82, 2.24) is 0 Å². The molecule has 0 spiro atoms. The Morgan fingerprint density at radius 3 is 3.00 bits per heavy atom. The van der Waals surface area contributed by atoms with Gasteiger partial charge in [-0.2, -0.15) is 0 Å². The highest BCUT2D eigenvalue weighted by Crippen LogP contribution is 2.25. The molecular formula is C10H13NO3. The van der Waals surface area contributed by atoms with Crippen molar-refractivity contribution in [1.29, 1.82) is 0 Å². The van der Waals surface area contributed by atoms with E-state index in [0.717, 1.165) is 0 Å². The summed E-state index contributed by atoms with van der Waals surface area (Å²) < 4.78 is 4.98. The second kappa shape index (κ2) is 4.60. The molecule has 0 aromatic heterocycles. The Labute approximate surface area is 82.4 Å². The van der Waals surface area contributed by atoms with Gasteiger partial charge in [0.1, 0.15) is 5.76 Å². The summed E-state index contributed by atoms with van der Waals surface area (Å²) in [4.78, 5) is 21.5. The number of carbonyl (C=O) groups is 2. The fourth-order valence-electron chi connectivity index (χ4n) is 1.30. The molecular weight excluding hydrogens is 182 g/mol. The summed E-state index contributed by atoms with van der Waals surface area (Å²) in [7, 11) is 0. The lowest BCUT2D eigenvalue weighted by Gasteiger charge is -2.21. The highest BCUT2D eigenvalue weighted by atomic mass is 16.5. The maximum Gasteiger partial charge on any atom is 0.310 e. The molecule has 1 unspecified atom stereocenters. The van der Waals surface area contributed by atoms with E-state index in [1.54, 1.807) is 12.2 Å². The van der Waals surface area contributed by atoms with E-state index in [0.29, 0.717) is 18.6 Å². The normalized spacial score (nSPS) is 24.4. The third-order valence-electron chi connectivity index (χ3n) is 2.05. The zero-order valence-corrected chi connectivity index (χ0v) is 7.86. The summed E-state index contributed by atoms with van der Waals surface area (Å²) in [5.74, 6) is -0.192. The number of cyclic esters (lactones) is 1. The number of hydrogen-bond donors (Lipinski definition) is 1. The minimum atomic E-state index is -0.443. The van der Waals surface area contributed by atoms with Gasteiger partial charge < -0.3 is 10.5 Å². The van der Waals surface area contributed by atoms with Crippen molar-refractivity contribution in [2.45, 2.75) is 19.3 Å². The predicted molar refractivity (Wildman–Crippen MR) is 50.9 cm³/mol. The molecule has 0 aliphatic carbocycles. The van der Waals surface area contributed by atoms with Crippen LogP contribution in [0.5, 0.6) is 0 Å². The van der Waals surface area contributed by atoms with Crippen molar-refractivity contribution in [2.75, 3.05) is 0 Å². The average Bonchev–Trinajstić information content (AvgIpc) is 2.15. The molecule has 4 nitrogen and oxygen atoms in total. The minimum Gasteiger partial charge on any atom is -0.431 e. The SMILES string of the molecule is C=CC1CCC(=O)OC1=CCC(N)=O. The standard InChI is InChI=1S/C10H13NO3/c1-2-7-3-6-10(13)14-8(7)4-5-9(11)12/h2,4,7H,1,3,5-6H2,(H2,11,12). The maximum absolute atomic E-state index is 11.0. The molecule has 1 atom stereocenters. The van der Waals surface area contributed by atoms with Crippen LogP contribution in [0, 0.1) is 5.92 Å². The fourth-order valence-corrected chi connectivity index (χ4v) is 1.30. The summed E-state index contributed by atoms with van der Waals surface area (Å²) in [6, 6.07) is 0. The number of hydrogen-bond acceptors (Lipinski definition) is 3. The molecule has 0 aromatic rings. The average molecular weight is 195 g/mol. The number of primary amides is 1. The summed E-state index contributed by atoms with van der Waals surface area (Å²) in [5.41, 5.74) is 4.98. The lowest BCUT2D eigenvalue weighted by atomic mass is 9.98. The largest absolute Gasteiger partial charge is 0.431 e. The Morgan fingerprint density at radius 1 is 1.71 bits per heavy atom. The molecule has 0 bridgehead atoms. The maximum atomic E-state index is 11.0. The fraction of sp³-hybridized carbons (Fsp3) is 0.400. The Hall–Kier alpha value is -1.58. The first-order valence-corrected chi connectivity index (χ1v) is 4.45. The van der Waals surface area contributed by atoms with Crippen LogP contribution in [-0.2, 0) is 14.3 Å². The van der Waals surface area contributed by atoms with Crippen LogP contribution in [0.15, 0.2) is 24.5 Å². The van der Waals surface area contributed by atoms with Crippen molar-refractivity contribution < 1.29 is 14.3 Å². The smallest absolute Gasteiger partial charge is 0.310 e. The molecule has 76 valence electrons. The number of nitrogens with two attached hydrogens (primary N) is 1. The summed E-state index contributed by atoms with van der Waals surface area (Å²) in [5, 5.41) is 0. The third kappa shape index (κ3) is 2.73. The topological polar surface area (TPSA) is 69.4 Å². The summed E-state index contributed by atoms with van der Waals surface area (Å²) in [6.07, 6.45) is 4.43. The quantitative estimate of drug-likeness (QED) is 0.537. The lowest BCUT2D eigenvalue weighted by molar-refractivity contribution is -0.143. The van der Waals surface area contributed by atoms with Crippen LogP contribution in [0.3, 0.4) is 0 Å². The van der Waals surface area contributed by atoms with Crippen LogP contribution in [-0.4, -0.2) is 11.9 Å². The molecule has 1 heterocycles. The third-order valence-corrected chi connectivity index (χ3v) is 2.05. The van der Waals surface area contributed by atoms with Gasteiger partial charge >= 0.3 is 5.97 Å². The minimum absolute atomic E-state index is 0.0204. The van der Waals surface area contributed by atoms with E-state index in [1.807, 2.05) is 0 Å². The van der Waals surface area contributed by atoms with Gasteiger partial charge in [-0.25, -0.2) is 0 Å². The second-order valence-corrected chi connectivity index (χ2v) is 3.13. The van der Waals surface area contributed by atoms with Crippen LogP contribution in [0.2, 0.25) is 0 Å².